The summed E-state index contributed by atoms with van der Waals surface area (Å²) in [4.78, 5) is 0. The first-order chi connectivity index (χ1) is 12.5. The van der Waals surface area contributed by atoms with Crippen molar-refractivity contribution in [2.24, 2.45) is 5.73 Å². The van der Waals surface area contributed by atoms with Crippen molar-refractivity contribution in [3.05, 3.63) is 58.3 Å². The smallest absolute Gasteiger partial charge is 0.127 e. The Balaban J connectivity index is 2.26. The molecule has 1 aromatic rings. The van der Waals surface area contributed by atoms with Crippen LogP contribution in [0.2, 0.25) is 0 Å². The molecule has 0 aromatic heterocycles. The number of methoxy groups -OCH3 is 2. The van der Waals surface area contributed by atoms with Crippen LogP contribution in [0.4, 0.5) is 0 Å². The summed E-state index contributed by atoms with van der Waals surface area (Å²) in [5.74, 6) is 1.62. The summed E-state index contributed by atoms with van der Waals surface area (Å²) in [5.41, 5.74) is 12.5. The molecule has 26 heavy (non-hydrogen) atoms. The number of nitrogens with two attached hydrogens (primary N) is 1. The van der Waals surface area contributed by atoms with E-state index in [1.54, 1.807) is 14.2 Å². The third-order valence-electron chi connectivity index (χ3n) is 4.59. The summed E-state index contributed by atoms with van der Waals surface area (Å²) in [6, 6.07) is 6.04. The summed E-state index contributed by atoms with van der Waals surface area (Å²) in [6.45, 7) is 7.09. The first-order valence-electron chi connectivity index (χ1n) is 9.29. The van der Waals surface area contributed by atoms with Crippen molar-refractivity contribution >= 4 is 0 Å². The zero-order chi connectivity index (χ0) is 19.1. The number of hydrogen-bond donors (Lipinski definition) is 2. The lowest BCUT2D eigenvalue weighted by Gasteiger charge is -2.17. The highest BCUT2D eigenvalue weighted by Gasteiger charge is 2.23. The maximum absolute atomic E-state index is 6.35. The lowest BCUT2D eigenvalue weighted by molar-refractivity contribution is 0.390. The Bertz CT molecular complexity index is 713. The van der Waals surface area contributed by atoms with Gasteiger partial charge in [0.05, 0.1) is 14.2 Å². The molecule has 142 valence electrons. The maximum atomic E-state index is 6.35. The van der Waals surface area contributed by atoms with E-state index in [0.29, 0.717) is 6.54 Å². The second-order valence-corrected chi connectivity index (χ2v) is 6.86. The molecule has 1 aliphatic carbocycles. The van der Waals surface area contributed by atoms with Gasteiger partial charge in [-0.15, -0.1) is 0 Å². The van der Waals surface area contributed by atoms with Crippen LogP contribution in [0.3, 0.4) is 0 Å². The average molecular weight is 357 g/mol. The van der Waals surface area contributed by atoms with E-state index in [1.807, 2.05) is 18.2 Å². The molecule has 4 heteroatoms. The molecule has 0 spiro atoms. The van der Waals surface area contributed by atoms with Crippen LogP contribution in [-0.4, -0.2) is 20.3 Å². The largest absolute Gasteiger partial charge is 0.497 e. The molecule has 0 radical (unpaired) electrons. The van der Waals surface area contributed by atoms with E-state index >= 15 is 0 Å². The minimum Gasteiger partial charge on any atom is -0.497 e. The normalized spacial score (nSPS) is 17.3. The highest BCUT2D eigenvalue weighted by Crippen LogP contribution is 2.32. The Kier molecular flexibility index (Phi) is 7.34. The van der Waals surface area contributed by atoms with Gasteiger partial charge in [-0.25, -0.2) is 0 Å². The SMILES string of the molecule is CCC=C(NCc1ccc(OC)cc1OC)C1=C(C=C(C)C)C(N)CC1. The van der Waals surface area contributed by atoms with E-state index in [9.17, 15) is 0 Å². The van der Waals surface area contributed by atoms with Crippen molar-refractivity contribution in [1.29, 1.82) is 0 Å². The number of allylic oxidation sites excluding steroid dienone is 3. The number of hydrogen-bond acceptors (Lipinski definition) is 4. The second-order valence-electron chi connectivity index (χ2n) is 6.86. The van der Waals surface area contributed by atoms with Gasteiger partial charge in [0.1, 0.15) is 11.5 Å². The van der Waals surface area contributed by atoms with Crippen molar-refractivity contribution in [2.45, 2.75) is 52.6 Å². The molecule has 1 aromatic carbocycles. The second kappa shape index (κ2) is 9.48. The molecule has 0 saturated carbocycles. The van der Waals surface area contributed by atoms with Gasteiger partial charge in [0.15, 0.2) is 0 Å². The quantitative estimate of drug-likeness (QED) is 0.721. The zero-order valence-corrected chi connectivity index (χ0v) is 16.7. The molecule has 0 aliphatic heterocycles. The zero-order valence-electron chi connectivity index (χ0n) is 16.7. The van der Waals surface area contributed by atoms with Gasteiger partial charge >= 0.3 is 0 Å². The molecule has 0 saturated heterocycles. The molecule has 3 N–H and O–H groups in total. The Morgan fingerprint density at radius 2 is 2.04 bits per heavy atom. The van der Waals surface area contributed by atoms with E-state index < -0.39 is 0 Å². The van der Waals surface area contributed by atoms with Crippen LogP contribution >= 0.6 is 0 Å². The minimum atomic E-state index is 0.123. The molecule has 0 heterocycles. The number of rotatable bonds is 8. The van der Waals surface area contributed by atoms with Crippen LogP contribution in [0, 0.1) is 0 Å². The van der Waals surface area contributed by atoms with E-state index in [1.165, 1.54) is 22.4 Å². The summed E-state index contributed by atoms with van der Waals surface area (Å²) in [6.07, 6.45) is 7.47. The topological polar surface area (TPSA) is 56.5 Å². The van der Waals surface area contributed by atoms with E-state index in [2.05, 4.69) is 38.2 Å². The van der Waals surface area contributed by atoms with E-state index in [-0.39, 0.29) is 6.04 Å². The lowest BCUT2D eigenvalue weighted by atomic mass is 10.0. The standard InChI is InChI=1S/C22H32N2O2/c1-6-7-21(18-10-11-20(23)19(18)12-15(2)3)24-14-16-8-9-17(25-4)13-22(16)26-5/h7-9,12-13,20,24H,6,10-11,14,23H2,1-5H3. The fourth-order valence-electron chi connectivity index (χ4n) is 3.31. The van der Waals surface area contributed by atoms with Crippen molar-refractivity contribution in [3.63, 3.8) is 0 Å². The molecular formula is C22H32N2O2. The Morgan fingerprint density at radius 1 is 1.27 bits per heavy atom. The van der Waals surface area contributed by atoms with Crippen LogP contribution in [0.25, 0.3) is 0 Å². The lowest BCUT2D eigenvalue weighted by Crippen LogP contribution is -2.19. The van der Waals surface area contributed by atoms with Crippen LogP contribution in [-0.2, 0) is 6.54 Å². The van der Waals surface area contributed by atoms with Crippen molar-refractivity contribution in [2.75, 3.05) is 14.2 Å². The molecule has 1 aliphatic rings. The van der Waals surface area contributed by atoms with Crippen LogP contribution in [0.1, 0.15) is 45.6 Å². The third-order valence-corrected chi connectivity index (χ3v) is 4.59. The van der Waals surface area contributed by atoms with Gasteiger partial charge in [0.2, 0.25) is 0 Å². The van der Waals surface area contributed by atoms with Gasteiger partial charge in [-0.05, 0) is 56.4 Å². The van der Waals surface area contributed by atoms with Gasteiger partial charge in [0, 0.05) is 29.9 Å². The van der Waals surface area contributed by atoms with Gasteiger partial charge < -0.3 is 20.5 Å². The average Bonchev–Trinajstić information content (AvgIpc) is 2.98. The molecule has 0 amide bonds. The summed E-state index contributed by atoms with van der Waals surface area (Å²) >= 11 is 0. The predicted octanol–water partition coefficient (Wildman–Crippen LogP) is 4.47. The minimum absolute atomic E-state index is 0.123. The fourth-order valence-corrected chi connectivity index (χ4v) is 3.31. The number of benzene rings is 1. The van der Waals surface area contributed by atoms with E-state index in [4.69, 9.17) is 15.2 Å². The Morgan fingerprint density at radius 3 is 2.65 bits per heavy atom. The van der Waals surface area contributed by atoms with Gasteiger partial charge in [-0.2, -0.15) is 0 Å². The summed E-state index contributed by atoms with van der Waals surface area (Å²) in [7, 11) is 3.35. The van der Waals surface area contributed by atoms with Crippen molar-refractivity contribution in [3.8, 4) is 11.5 Å². The molecule has 0 bridgehead atoms. The summed E-state index contributed by atoms with van der Waals surface area (Å²) < 4.78 is 10.8. The highest BCUT2D eigenvalue weighted by molar-refractivity contribution is 5.47. The first kappa shape index (κ1) is 20.1. The van der Waals surface area contributed by atoms with Gasteiger partial charge in [0.25, 0.3) is 0 Å². The molecular weight excluding hydrogens is 324 g/mol. The number of nitrogens with one attached hydrogen (secondary N) is 1. The fraction of sp³-hybridized carbons (Fsp3) is 0.455. The van der Waals surface area contributed by atoms with Gasteiger partial charge in [-0.3, -0.25) is 0 Å². The van der Waals surface area contributed by atoms with Crippen molar-refractivity contribution in [1.82, 2.24) is 5.32 Å². The Labute approximate surface area is 157 Å². The maximum Gasteiger partial charge on any atom is 0.127 e. The van der Waals surface area contributed by atoms with Crippen molar-refractivity contribution < 1.29 is 9.47 Å². The molecule has 1 atom stereocenters. The van der Waals surface area contributed by atoms with Crippen LogP contribution in [0.15, 0.2) is 52.8 Å². The molecule has 0 fully saturated rings. The first-order valence-corrected chi connectivity index (χ1v) is 9.29. The Hall–Kier alpha value is -2.20. The van der Waals surface area contributed by atoms with Crippen LogP contribution < -0.4 is 20.5 Å². The highest BCUT2D eigenvalue weighted by atomic mass is 16.5. The monoisotopic (exact) mass is 356 g/mol. The van der Waals surface area contributed by atoms with Gasteiger partial charge in [-0.1, -0.05) is 24.6 Å². The third kappa shape index (κ3) is 4.92. The molecule has 2 rings (SSSR count). The molecule has 4 nitrogen and oxygen atoms in total. The molecule has 1 unspecified atom stereocenters. The van der Waals surface area contributed by atoms with Crippen LogP contribution in [0.5, 0.6) is 11.5 Å². The summed E-state index contributed by atoms with van der Waals surface area (Å²) in [5, 5.41) is 3.61. The predicted molar refractivity (Wildman–Crippen MR) is 108 cm³/mol. The number of ether oxygens (including phenoxy) is 2. The van der Waals surface area contributed by atoms with E-state index in [0.717, 1.165) is 36.3 Å².